The van der Waals surface area contributed by atoms with Gasteiger partial charge in [-0.15, -0.1) is 0 Å². The molecule has 1 N–H and O–H groups in total. The lowest BCUT2D eigenvalue weighted by molar-refractivity contribution is 0.492. The number of benzene rings is 2. The number of fused-ring (bicyclic) bond motifs is 3. The fourth-order valence-corrected chi connectivity index (χ4v) is 3.42. The second kappa shape index (κ2) is 4.38. The normalized spacial score (nSPS) is 17.0. The van der Waals surface area contributed by atoms with Crippen molar-refractivity contribution in [3.63, 3.8) is 0 Å². The van der Waals surface area contributed by atoms with Crippen LogP contribution < -0.4 is 9.83 Å². The predicted molar refractivity (Wildman–Crippen MR) is 75.4 cm³/mol. The van der Waals surface area contributed by atoms with E-state index in [1.165, 1.54) is 0 Å². The Labute approximate surface area is 108 Å². The Morgan fingerprint density at radius 2 is 1.72 bits per heavy atom. The van der Waals surface area contributed by atoms with Crippen LogP contribution in [-0.2, 0) is 0 Å². The highest BCUT2D eigenvalue weighted by atomic mass is 31.2. The van der Waals surface area contributed by atoms with E-state index in [1.54, 1.807) is 0 Å². The van der Waals surface area contributed by atoms with Crippen molar-refractivity contribution in [3.8, 4) is 16.9 Å². The molecular weight excluding hydrogens is 243 g/mol. The maximum absolute atomic E-state index is 10.2. The van der Waals surface area contributed by atoms with Gasteiger partial charge in [-0.3, -0.25) is 0 Å². The zero-order valence-corrected chi connectivity index (χ0v) is 11.3. The highest BCUT2D eigenvalue weighted by molar-refractivity contribution is 7.56. The topological polar surface area (TPSA) is 29.5 Å². The van der Waals surface area contributed by atoms with E-state index in [-0.39, 0.29) is 0 Å². The lowest BCUT2D eigenvalue weighted by Gasteiger charge is -2.26. The molecule has 3 rings (SSSR count). The summed E-state index contributed by atoms with van der Waals surface area (Å²) in [4.78, 5) is 10.2. The van der Waals surface area contributed by atoms with Gasteiger partial charge in [0.25, 0.3) is 8.38 Å². The van der Waals surface area contributed by atoms with E-state index in [4.69, 9.17) is 4.52 Å². The molecular formula is C15H15O2P. The smallest absolute Gasteiger partial charge is 0.262 e. The van der Waals surface area contributed by atoms with Gasteiger partial charge in [-0.1, -0.05) is 50.2 Å². The van der Waals surface area contributed by atoms with Gasteiger partial charge in [-0.05, 0) is 23.1 Å². The number of hydrogen-bond donors (Lipinski definition) is 1. The van der Waals surface area contributed by atoms with E-state index in [1.807, 2.05) is 24.3 Å². The second-order valence-corrected chi connectivity index (χ2v) is 5.97. The van der Waals surface area contributed by atoms with Gasteiger partial charge in [0.15, 0.2) is 0 Å². The largest absolute Gasteiger partial charge is 0.443 e. The SMILES string of the molecule is CC(C)c1cccc2c1OP(O)c1ccccc1-2. The summed E-state index contributed by atoms with van der Waals surface area (Å²) in [5, 5.41) is 0.904. The highest BCUT2D eigenvalue weighted by Crippen LogP contribution is 2.49. The van der Waals surface area contributed by atoms with Gasteiger partial charge in [0.2, 0.25) is 0 Å². The average molecular weight is 258 g/mol. The fourth-order valence-electron chi connectivity index (χ4n) is 2.33. The molecule has 2 aromatic carbocycles. The molecule has 0 aliphatic carbocycles. The van der Waals surface area contributed by atoms with Gasteiger partial charge in [0.1, 0.15) is 5.75 Å². The van der Waals surface area contributed by atoms with Gasteiger partial charge < -0.3 is 9.42 Å². The van der Waals surface area contributed by atoms with Crippen LogP contribution in [0.2, 0.25) is 0 Å². The van der Waals surface area contributed by atoms with Crippen LogP contribution in [-0.4, -0.2) is 4.89 Å². The molecule has 0 saturated heterocycles. The van der Waals surface area contributed by atoms with E-state index in [0.29, 0.717) is 5.92 Å². The molecule has 1 aliphatic rings. The lowest BCUT2D eigenvalue weighted by Crippen LogP contribution is -2.14. The van der Waals surface area contributed by atoms with E-state index >= 15 is 0 Å². The molecule has 0 radical (unpaired) electrons. The molecule has 1 atom stereocenters. The van der Waals surface area contributed by atoms with E-state index < -0.39 is 8.38 Å². The molecule has 0 aromatic heterocycles. The van der Waals surface area contributed by atoms with Crippen LogP contribution in [0.4, 0.5) is 0 Å². The molecule has 0 spiro atoms. The standard InChI is InChI=1S/C15H15O2P/c1-10(2)11-7-5-8-13-12-6-3-4-9-14(12)18(16)17-15(11)13/h3-10,16H,1-2H3. The Bertz CT molecular complexity index is 593. The van der Waals surface area contributed by atoms with Crippen molar-refractivity contribution in [1.29, 1.82) is 0 Å². The minimum Gasteiger partial charge on any atom is -0.443 e. The molecule has 18 heavy (non-hydrogen) atoms. The van der Waals surface area contributed by atoms with Crippen molar-refractivity contribution in [3.05, 3.63) is 48.0 Å². The highest BCUT2D eigenvalue weighted by Gasteiger charge is 2.27. The summed E-state index contributed by atoms with van der Waals surface area (Å²) in [5.41, 5.74) is 3.34. The molecule has 0 saturated carbocycles. The van der Waals surface area contributed by atoms with E-state index in [2.05, 4.69) is 32.0 Å². The van der Waals surface area contributed by atoms with Crippen LogP contribution in [0, 0.1) is 0 Å². The summed E-state index contributed by atoms with van der Waals surface area (Å²) in [5.74, 6) is 1.23. The third-order valence-electron chi connectivity index (χ3n) is 3.25. The maximum Gasteiger partial charge on any atom is 0.262 e. The summed E-state index contributed by atoms with van der Waals surface area (Å²) in [6, 6.07) is 14.1. The van der Waals surface area contributed by atoms with Crippen molar-refractivity contribution in [2.45, 2.75) is 19.8 Å². The third kappa shape index (κ3) is 1.73. The van der Waals surface area contributed by atoms with Crippen molar-refractivity contribution in [2.75, 3.05) is 0 Å². The van der Waals surface area contributed by atoms with Crippen molar-refractivity contribution in [1.82, 2.24) is 0 Å². The molecule has 1 unspecified atom stereocenters. The minimum atomic E-state index is -1.54. The Balaban J connectivity index is 2.27. The monoisotopic (exact) mass is 258 g/mol. The maximum atomic E-state index is 10.2. The Morgan fingerprint density at radius 1 is 1.00 bits per heavy atom. The van der Waals surface area contributed by atoms with E-state index in [9.17, 15) is 4.89 Å². The lowest BCUT2D eigenvalue weighted by atomic mass is 9.95. The Hall–Kier alpha value is -1.37. The van der Waals surface area contributed by atoms with Gasteiger partial charge in [-0.25, -0.2) is 0 Å². The van der Waals surface area contributed by atoms with Crippen molar-refractivity contribution in [2.24, 2.45) is 0 Å². The number of hydrogen-bond acceptors (Lipinski definition) is 2. The first kappa shape index (κ1) is 11.7. The van der Waals surface area contributed by atoms with Crippen LogP contribution in [0.5, 0.6) is 5.75 Å². The van der Waals surface area contributed by atoms with E-state index in [0.717, 1.165) is 27.7 Å². The Morgan fingerprint density at radius 3 is 2.50 bits per heavy atom. The first-order chi connectivity index (χ1) is 8.68. The minimum absolute atomic E-state index is 0.383. The van der Waals surface area contributed by atoms with Crippen LogP contribution >= 0.6 is 8.38 Å². The molecule has 1 heterocycles. The van der Waals surface area contributed by atoms with Crippen molar-refractivity contribution >= 4 is 13.7 Å². The molecule has 92 valence electrons. The molecule has 3 heteroatoms. The summed E-state index contributed by atoms with van der Waals surface area (Å²) in [6.07, 6.45) is 0. The quantitative estimate of drug-likeness (QED) is 0.788. The Kier molecular flexibility index (Phi) is 2.85. The van der Waals surface area contributed by atoms with Crippen LogP contribution in [0.15, 0.2) is 42.5 Å². The fraction of sp³-hybridized carbons (Fsp3) is 0.200. The molecule has 0 fully saturated rings. The van der Waals surface area contributed by atoms with Crippen molar-refractivity contribution < 1.29 is 9.42 Å². The predicted octanol–water partition coefficient (Wildman–Crippen LogP) is 3.80. The summed E-state index contributed by atoms with van der Waals surface area (Å²) < 4.78 is 5.77. The van der Waals surface area contributed by atoms with Gasteiger partial charge in [0, 0.05) is 5.56 Å². The average Bonchev–Trinajstić information content (AvgIpc) is 2.38. The third-order valence-corrected chi connectivity index (χ3v) is 4.40. The summed E-state index contributed by atoms with van der Waals surface area (Å²) >= 11 is 0. The summed E-state index contributed by atoms with van der Waals surface area (Å²) in [7, 11) is -1.54. The first-order valence-electron chi connectivity index (χ1n) is 6.08. The molecule has 0 bridgehead atoms. The van der Waals surface area contributed by atoms with Crippen LogP contribution in [0.25, 0.3) is 11.1 Å². The zero-order valence-electron chi connectivity index (χ0n) is 10.4. The first-order valence-corrected chi connectivity index (χ1v) is 7.29. The van der Waals surface area contributed by atoms with Gasteiger partial charge in [0.05, 0.1) is 5.30 Å². The molecule has 2 aromatic rings. The number of rotatable bonds is 1. The van der Waals surface area contributed by atoms with Crippen LogP contribution in [0.1, 0.15) is 25.3 Å². The zero-order chi connectivity index (χ0) is 12.7. The second-order valence-electron chi connectivity index (χ2n) is 4.76. The molecule has 1 aliphatic heterocycles. The van der Waals surface area contributed by atoms with Gasteiger partial charge in [-0.2, -0.15) is 0 Å². The summed E-state index contributed by atoms with van der Waals surface area (Å²) in [6.45, 7) is 4.28. The molecule has 0 amide bonds. The van der Waals surface area contributed by atoms with Crippen LogP contribution in [0.3, 0.4) is 0 Å². The number of para-hydroxylation sites is 1. The molecule has 2 nitrogen and oxygen atoms in total. The van der Waals surface area contributed by atoms with Gasteiger partial charge >= 0.3 is 0 Å².